The Hall–Kier alpha value is -2.12. The van der Waals surface area contributed by atoms with Crippen molar-refractivity contribution < 1.29 is 26.7 Å². The lowest BCUT2D eigenvalue weighted by Crippen LogP contribution is -2.27. The summed E-state index contributed by atoms with van der Waals surface area (Å²) in [6.45, 7) is 0. The Morgan fingerprint density at radius 2 is 1.80 bits per heavy atom. The molecule has 0 bridgehead atoms. The molecule has 8 heteroatoms. The van der Waals surface area contributed by atoms with Crippen LogP contribution in [0, 0.1) is 11.6 Å². The highest BCUT2D eigenvalue weighted by Crippen LogP contribution is 2.27. The van der Waals surface area contributed by atoms with E-state index in [2.05, 4.69) is 0 Å². The van der Waals surface area contributed by atoms with E-state index in [0.29, 0.717) is 18.3 Å². The van der Waals surface area contributed by atoms with Gasteiger partial charge in [0.2, 0.25) is 0 Å². The van der Waals surface area contributed by atoms with Crippen molar-refractivity contribution in [3.05, 3.63) is 41.6 Å². The predicted molar refractivity (Wildman–Crippen MR) is 62.8 cm³/mol. The fraction of sp³-hybridized carbons (Fsp3) is 0.250. The molecule has 1 aromatic rings. The van der Waals surface area contributed by atoms with E-state index >= 15 is 0 Å². The molecule has 0 aliphatic carbocycles. The second-order valence-corrected chi connectivity index (χ2v) is 4.09. The molecule has 1 rings (SSSR count). The number of anilines is 1. The summed E-state index contributed by atoms with van der Waals surface area (Å²) in [6.07, 6.45) is -4.28. The van der Waals surface area contributed by atoms with Crippen molar-refractivity contribution in [2.24, 2.45) is 0 Å². The Bertz CT molecular complexity index is 537. The van der Waals surface area contributed by atoms with Gasteiger partial charge in [0.05, 0.1) is 0 Å². The molecule has 1 N–H and O–H groups in total. The first-order valence-electron chi connectivity index (χ1n) is 5.33. The fourth-order valence-corrected chi connectivity index (χ4v) is 1.29. The van der Waals surface area contributed by atoms with Gasteiger partial charge in [0.15, 0.2) is 11.6 Å². The molecule has 0 aromatic heterocycles. The Kier molecular flexibility index (Phi) is 4.69. The van der Waals surface area contributed by atoms with Gasteiger partial charge in [-0.2, -0.15) is 13.2 Å². The maximum absolute atomic E-state index is 12.9. The van der Waals surface area contributed by atoms with Crippen molar-refractivity contribution in [2.75, 3.05) is 19.4 Å². The highest BCUT2D eigenvalue weighted by molar-refractivity contribution is 6.04. The normalized spacial score (nSPS) is 12.2. The predicted octanol–water partition coefficient (Wildman–Crippen LogP) is 2.91. The number of carbonyl (C=O) groups excluding carboxylic acids is 1. The minimum absolute atomic E-state index is 0.275. The van der Waals surface area contributed by atoms with Gasteiger partial charge in [0, 0.05) is 32.0 Å². The van der Waals surface area contributed by atoms with Crippen molar-refractivity contribution >= 4 is 11.6 Å². The maximum atomic E-state index is 12.9. The summed E-state index contributed by atoms with van der Waals surface area (Å²) in [4.78, 5) is 12.6. The standard InChI is InChI=1S/C12H11F5N2O/c1-19(2)6-8(12(15,16)17)11(20)18-7-3-4-9(13)10(14)5-7/h3-6H,1-2H3,(H,18,20). The molecule has 1 amide bonds. The van der Waals surface area contributed by atoms with Crippen molar-refractivity contribution in [3.8, 4) is 0 Å². The van der Waals surface area contributed by atoms with Crippen LogP contribution in [-0.2, 0) is 4.79 Å². The van der Waals surface area contributed by atoms with Gasteiger partial charge in [-0.15, -0.1) is 0 Å². The Labute approximate surface area is 111 Å². The second kappa shape index (κ2) is 5.89. The van der Waals surface area contributed by atoms with Crippen molar-refractivity contribution in [1.29, 1.82) is 0 Å². The summed E-state index contributed by atoms with van der Waals surface area (Å²) in [5, 5.41) is 1.86. The van der Waals surface area contributed by atoms with Gasteiger partial charge in [-0.05, 0) is 12.1 Å². The number of nitrogens with one attached hydrogen (secondary N) is 1. The second-order valence-electron chi connectivity index (χ2n) is 4.09. The summed E-state index contributed by atoms with van der Waals surface area (Å²) in [7, 11) is 2.63. The van der Waals surface area contributed by atoms with Crippen molar-refractivity contribution in [1.82, 2.24) is 4.90 Å². The average Bonchev–Trinajstić information content (AvgIpc) is 2.29. The van der Waals surface area contributed by atoms with Crippen LogP contribution in [0.25, 0.3) is 0 Å². The topological polar surface area (TPSA) is 32.3 Å². The van der Waals surface area contributed by atoms with Gasteiger partial charge in [-0.1, -0.05) is 0 Å². The van der Waals surface area contributed by atoms with Crippen molar-refractivity contribution in [2.45, 2.75) is 6.18 Å². The summed E-state index contributed by atoms with van der Waals surface area (Å²) < 4.78 is 63.6. The third-order valence-corrected chi connectivity index (χ3v) is 2.11. The number of alkyl halides is 3. The lowest BCUT2D eigenvalue weighted by Gasteiger charge is -2.15. The highest BCUT2D eigenvalue weighted by Gasteiger charge is 2.39. The first kappa shape index (κ1) is 15.9. The number of hydrogen-bond acceptors (Lipinski definition) is 2. The van der Waals surface area contributed by atoms with Gasteiger partial charge in [0.1, 0.15) is 5.57 Å². The maximum Gasteiger partial charge on any atom is 0.423 e. The number of nitrogens with zero attached hydrogens (tertiary/aromatic N) is 1. The first-order chi connectivity index (χ1) is 9.11. The molecule has 0 radical (unpaired) electrons. The number of benzene rings is 1. The van der Waals surface area contributed by atoms with E-state index in [1.54, 1.807) is 0 Å². The average molecular weight is 294 g/mol. The zero-order valence-corrected chi connectivity index (χ0v) is 10.6. The molecule has 0 fully saturated rings. The SMILES string of the molecule is CN(C)C=C(C(=O)Nc1ccc(F)c(F)c1)C(F)(F)F. The van der Waals surface area contributed by atoms with Gasteiger partial charge in [-0.3, -0.25) is 4.79 Å². The van der Waals surface area contributed by atoms with E-state index < -0.39 is 29.3 Å². The van der Waals surface area contributed by atoms with Crippen LogP contribution in [-0.4, -0.2) is 31.1 Å². The molecule has 0 saturated heterocycles. The molecule has 0 spiro atoms. The third kappa shape index (κ3) is 4.22. The molecule has 0 heterocycles. The van der Waals surface area contributed by atoms with Crippen LogP contribution in [0.3, 0.4) is 0 Å². The van der Waals surface area contributed by atoms with Gasteiger partial charge in [-0.25, -0.2) is 8.78 Å². The summed E-state index contributed by atoms with van der Waals surface area (Å²) in [5.41, 5.74) is -1.73. The lowest BCUT2D eigenvalue weighted by atomic mass is 10.2. The third-order valence-electron chi connectivity index (χ3n) is 2.11. The summed E-state index contributed by atoms with van der Waals surface area (Å²) >= 11 is 0. The zero-order valence-electron chi connectivity index (χ0n) is 10.6. The van der Waals surface area contributed by atoms with E-state index in [1.807, 2.05) is 5.32 Å². The largest absolute Gasteiger partial charge is 0.423 e. The molecular weight excluding hydrogens is 283 g/mol. The smallest absolute Gasteiger partial charge is 0.383 e. The van der Waals surface area contributed by atoms with Crippen LogP contribution in [0.4, 0.5) is 27.6 Å². The Balaban J connectivity index is 3.00. The van der Waals surface area contributed by atoms with Crippen molar-refractivity contribution in [3.63, 3.8) is 0 Å². The van der Waals surface area contributed by atoms with Gasteiger partial charge >= 0.3 is 6.18 Å². The van der Waals surface area contributed by atoms with E-state index in [-0.39, 0.29) is 5.69 Å². The number of hydrogen-bond donors (Lipinski definition) is 1. The van der Waals surface area contributed by atoms with Crippen LogP contribution < -0.4 is 5.32 Å². The number of amides is 1. The summed E-state index contributed by atoms with van der Waals surface area (Å²) in [6, 6.07) is 2.25. The molecule has 110 valence electrons. The quantitative estimate of drug-likeness (QED) is 0.686. The van der Waals surface area contributed by atoms with Gasteiger partial charge in [0.25, 0.3) is 5.91 Å². The molecule has 0 aliphatic rings. The van der Waals surface area contributed by atoms with Crippen LogP contribution >= 0.6 is 0 Å². The molecule has 0 atom stereocenters. The minimum Gasteiger partial charge on any atom is -0.383 e. The van der Waals surface area contributed by atoms with E-state index in [1.165, 1.54) is 14.1 Å². The van der Waals surface area contributed by atoms with Crippen LogP contribution in [0.5, 0.6) is 0 Å². The van der Waals surface area contributed by atoms with Crippen LogP contribution in [0.2, 0.25) is 0 Å². The Morgan fingerprint density at radius 1 is 1.20 bits per heavy atom. The van der Waals surface area contributed by atoms with Crippen LogP contribution in [0.15, 0.2) is 30.0 Å². The molecule has 20 heavy (non-hydrogen) atoms. The zero-order chi connectivity index (χ0) is 15.5. The van der Waals surface area contributed by atoms with E-state index in [0.717, 1.165) is 11.0 Å². The summed E-state index contributed by atoms with van der Waals surface area (Å²) in [5.74, 6) is -3.90. The lowest BCUT2D eigenvalue weighted by molar-refractivity contribution is -0.126. The monoisotopic (exact) mass is 294 g/mol. The number of carbonyl (C=O) groups is 1. The molecule has 0 unspecified atom stereocenters. The van der Waals surface area contributed by atoms with E-state index in [4.69, 9.17) is 0 Å². The minimum atomic E-state index is -4.87. The van der Waals surface area contributed by atoms with E-state index in [9.17, 15) is 26.7 Å². The molecule has 0 saturated carbocycles. The number of rotatable bonds is 3. The molecule has 0 aliphatic heterocycles. The van der Waals surface area contributed by atoms with Crippen LogP contribution in [0.1, 0.15) is 0 Å². The molecular formula is C12H11F5N2O. The first-order valence-corrected chi connectivity index (χ1v) is 5.33. The number of halogens is 5. The molecule has 3 nitrogen and oxygen atoms in total. The molecule has 1 aromatic carbocycles. The fourth-order valence-electron chi connectivity index (χ4n) is 1.29. The van der Waals surface area contributed by atoms with Gasteiger partial charge < -0.3 is 10.2 Å². The highest BCUT2D eigenvalue weighted by atomic mass is 19.4. The Morgan fingerprint density at radius 3 is 2.25 bits per heavy atom.